The van der Waals surface area contributed by atoms with Gasteiger partial charge in [0, 0.05) is 11.3 Å². The number of nitrogens with one attached hydrogen (secondary N) is 1. The van der Waals surface area contributed by atoms with Crippen molar-refractivity contribution in [3.05, 3.63) is 53.0 Å². The van der Waals surface area contributed by atoms with E-state index in [2.05, 4.69) is 49.5 Å². The monoisotopic (exact) mass is 243 g/mol. The van der Waals surface area contributed by atoms with E-state index in [1.54, 1.807) is 0 Å². The first-order valence-electron chi connectivity index (χ1n) is 6.52. The molecule has 0 spiro atoms. The molecule has 1 aromatic carbocycles. The number of hydrogen-bond donors (Lipinski definition) is 1. The Hall–Kier alpha value is -1.70. The standard InChI is InChI=1S/C16H21NO/c1-5-14-7-6-8-15(10-14)17-12(3)16-9-11(2)18-13(16)4/h6-10,12,17H,5H2,1-4H3. The van der Waals surface area contributed by atoms with Gasteiger partial charge >= 0.3 is 0 Å². The summed E-state index contributed by atoms with van der Waals surface area (Å²) in [5.74, 6) is 1.97. The van der Waals surface area contributed by atoms with Gasteiger partial charge in [-0.25, -0.2) is 0 Å². The van der Waals surface area contributed by atoms with Crippen LogP contribution in [0.3, 0.4) is 0 Å². The summed E-state index contributed by atoms with van der Waals surface area (Å²) in [4.78, 5) is 0. The summed E-state index contributed by atoms with van der Waals surface area (Å²) in [6.07, 6.45) is 1.06. The zero-order valence-electron chi connectivity index (χ0n) is 11.6. The first-order chi connectivity index (χ1) is 8.60. The van der Waals surface area contributed by atoms with Crippen LogP contribution in [0.15, 0.2) is 34.7 Å². The van der Waals surface area contributed by atoms with Gasteiger partial charge in [0.05, 0.1) is 6.04 Å². The SMILES string of the molecule is CCc1cccc(NC(C)c2cc(C)oc2C)c1. The van der Waals surface area contributed by atoms with Crippen molar-refractivity contribution in [3.63, 3.8) is 0 Å². The van der Waals surface area contributed by atoms with Crippen molar-refractivity contribution in [2.24, 2.45) is 0 Å². The van der Waals surface area contributed by atoms with Crippen LogP contribution in [-0.4, -0.2) is 0 Å². The highest BCUT2D eigenvalue weighted by molar-refractivity contribution is 5.48. The second-order valence-electron chi connectivity index (χ2n) is 4.79. The van der Waals surface area contributed by atoms with Crippen LogP contribution < -0.4 is 5.32 Å². The molecule has 1 heterocycles. The molecule has 0 aliphatic carbocycles. The van der Waals surface area contributed by atoms with Gasteiger partial charge < -0.3 is 9.73 Å². The van der Waals surface area contributed by atoms with Crippen molar-refractivity contribution in [2.45, 2.75) is 40.2 Å². The van der Waals surface area contributed by atoms with E-state index in [9.17, 15) is 0 Å². The van der Waals surface area contributed by atoms with E-state index in [1.165, 1.54) is 16.8 Å². The van der Waals surface area contributed by atoms with Crippen molar-refractivity contribution in [2.75, 3.05) is 5.32 Å². The van der Waals surface area contributed by atoms with Gasteiger partial charge in [-0.05, 0) is 51.0 Å². The topological polar surface area (TPSA) is 25.2 Å². The van der Waals surface area contributed by atoms with E-state index in [0.29, 0.717) is 0 Å². The molecular formula is C16H21NO. The molecule has 1 unspecified atom stereocenters. The quantitative estimate of drug-likeness (QED) is 0.846. The maximum atomic E-state index is 5.58. The molecule has 2 heteroatoms. The van der Waals surface area contributed by atoms with E-state index < -0.39 is 0 Å². The molecule has 1 N–H and O–H groups in total. The largest absolute Gasteiger partial charge is 0.466 e. The summed E-state index contributed by atoms with van der Waals surface area (Å²) in [6, 6.07) is 10.9. The Morgan fingerprint density at radius 3 is 2.61 bits per heavy atom. The van der Waals surface area contributed by atoms with Crippen LogP contribution >= 0.6 is 0 Å². The van der Waals surface area contributed by atoms with E-state index in [4.69, 9.17) is 4.42 Å². The highest BCUT2D eigenvalue weighted by Crippen LogP contribution is 2.25. The molecule has 2 aromatic rings. The molecule has 0 bridgehead atoms. The van der Waals surface area contributed by atoms with Crippen LogP contribution in [-0.2, 0) is 6.42 Å². The molecule has 1 aromatic heterocycles. The lowest BCUT2D eigenvalue weighted by Gasteiger charge is -2.15. The van der Waals surface area contributed by atoms with Crippen molar-refractivity contribution in [3.8, 4) is 0 Å². The molecule has 0 saturated heterocycles. The number of benzene rings is 1. The fraction of sp³-hybridized carbons (Fsp3) is 0.375. The number of anilines is 1. The fourth-order valence-corrected chi connectivity index (χ4v) is 2.29. The van der Waals surface area contributed by atoms with Gasteiger partial charge in [0.1, 0.15) is 11.5 Å². The minimum Gasteiger partial charge on any atom is -0.466 e. The molecular weight excluding hydrogens is 222 g/mol. The Morgan fingerprint density at radius 2 is 2.00 bits per heavy atom. The first-order valence-corrected chi connectivity index (χ1v) is 6.52. The molecule has 96 valence electrons. The van der Waals surface area contributed by atoms with Crippen molar-refractivity contribution < 1.29 is 4.42 Å². The minimum atomic E-state index is 0.259. The molecule has 0 fully saturated rings. The van der Waals surface area contributed by atoms with Crippen LogP contribution in [0.2, 0.25) is 0 Å². The summed E-state index contributed by atoms with van der Waals surface area (Å²) in [7, 11) is 0. The Balaban J connectivity index is 2.15. The van der Waals surface area contributed by atoms with E-state index in [0.717, 1.165) is 17.9 Å². The molecule has 1 atom stereocenters. The summed E-state index contributed by atoms with van der Waals surface area (Å²) in [5, 5.41) is 3.53. The van der Waals surface area contributed by atoms with Gasteiger partial charge in [0.2, 0.25) is 0 Å². The zero-order valence-corrected chi connectivity index (χ0v) is 11.6. The molecule has 2 nitrogen and oxygen atoms in total. The normalized spacial score (nSPS) is 12.4. The number of rotatable bonds is 4. The van der Waals surface area contributed by atoms with Crippen molar-refractivity contribution in [1.29, 1.82) is 0 Å². The first kappa shape index (κ1) is 12.7. The molecule has 2 rings (SSSR count). The van der Waals surface area contributed by atoms with Crippen molar-refractivity contribution in [1.82, 2.24) is 0 Å². The number of hydrogen-bond acceptors (Lipinski definition) is 2. The Bertz CT molecular complexity index is 528. The van der Waals surface area contributed by atoms with Gasteiger partial charge in [-0.3, -0.25) is 0 Å². The molecule has 0 aliphatic heterocycles. The maximum Gasteiger partial charge on any atom is 0.106 e. The minimum absolute atomic E-state index is 0.259. The second kappa shape index (κ2) is 5.30. The maximum absolute atomic E-state index is 5.58. The van der Waals surface area contributed by atoms with E-state index in [1.807, 2.05) is 13.8 Å². The Labute approximate surface area is 109 Å². The third kappa shape index (κ3) is 2.76. The average molecular weight is 243 g/mol. The fourth-order valence-electron chi connectivity index (χ4n) is 2.29. The lowest BCUT2D eigenvalue weighted by molar-refractivity contribution is 0.500. The lowest BCUT2D eigenvalue weighted by Crippen LogP contribution is -2.06. The Morgan fingerprint density at radius 1 is 1.22 bits per heavy atom. The number of furan rings is 1. The average Bonchev–Trinajstić information content (AvgIpc) is 2.69. The van der Waals surface area contributed by atoms with Crippen LogP contribution in [0.25, 0.3) is 0 Å². The van der Waals surface area contributed by atoms with Gasteiger partial charge in [0.15, 0.2) is 0 Å². The zero-order chi connectivity index (χ0) is 13.1. The van der Waals surface area contributed by atoms with Crippen LogP contribution in [0, 0.1) is 13.8 Å². The summed E-state index contributed by atoms with van der Waals surface area (Å²) in [6.45, 7) is 8.34. The summed E-state index contributed by atoms with van der Waals surface area (Å²) < 4.78 is 5.58. The molecule has 0 radical (unpaired) electrons. The van der Waals surface area contributed by atoms with Gasteiger partial charge in [-0.15, -0.1) is 0 Å². The molecule has 18 heavy (non-hydrogen) atoms. The summed E-state index contributed by atoms with van der Waals surface area (Å²) >= 11 is 0. The van der Waals surface area contributed by atoms with Gasteiger partial charge in [0.25, 0.3) is 0 Å². The van der Waals surface area contributed by atoms with Crippen molar-refractivity contribution >= 4 is 5.69 Å². The van der Waals surface area contributed by atoms with Gasteiger partial charge in [-0.1, -0.05) is 19.1 Å². The molecule has 0 aliphatic rings. The Kier molecular flexibility index (Phi) is 3.75. The highest BCUT2D eigenvalue weighted by Gasteiger charge is 2.12. The third-order valence-corrected chi connectivity index (χ3v) is 3.26. The highest BCUT2D eigenvalue weighted by atomic mass is 16.3. The summed E-state index contributed by atoms with van der Waals surface area (Å²) in [5.41, 5.74) is 3.75. The smallest absolute Gasteiger partial charge is 0.106 e. The van der Waals surface area contributed by atoms with E-state index >= 15 is 0 Å². The lowest BCUT2D eigenvalue weighted by atomic mass is 10.1. The van der Waals surface area contributed by atoms with Crippen LogP contribution in [0.5, 0.6) is 0 Å². The van der Waals surface area contributed by atoms with Gasteiger partial charge in [-0.2, -0.15) is 0 Å². The van der Waals surface area contributed by atoms with Crippen LogP contribution in [0.1, 0.15) is 42.5 Å². The second-order valence-corrected chi connectivity index (χ2v) is 4.79. The predicted octanol–water partition coefficient (Wildman–Crippen LogP) is 4.63. The predicted molar refractivity (Wildman–Crippen MR) is 76.0 cm³/mol. The van der Waals surface area contributed by atoms with E-state index in [-0.39, 0.29) is 6.04 Å². The van der Waals surface area contributed by atoms with Crippen LogP contribution in [0.4, 0.5) is 5.69 Å². The third-order valence-electron chi connectivity index (χ3n) is 3.26. The number of aryl methyl sites for hydroxylation is 3. The molecule has 0 amide bonds. The molecule has 0 saturated carbocycles.